The van der Waals surface area contributed by atoms with Crippen LogP contribution in [-0.4, -0.2) is 54.4 Å². The molecule has 0 aliphatic carbocycles. The second-order valence-corrected chi connectivity index (χ2v) is 4.25. The molecule has 0 unspecified atom stereocenters. The topological polar surface area (TPSA) is 138 Å². The Morgan fingerprint density at radius 3 is 2.36 bits per heavy atom. The lowest BCUT2D eigenvalue weighted by Crippen LogP contribution is -2.13. The van der Waals surface area contributed by atoms with Crippen LogP contribution in [0, 0.1) is 10.1 Å². The third-order valence-electron chi connectivity index (χ3n) is 1.91. The van der Waals surface area contributed by atoms with Gasteiger partial charge in [-0.1, -0.05) is 0 Å². The molecular weight excluding hydrogens is 368 g/mol. The number of carbonyl (C=O) groups excluding carboxylic acids is 2. The smallest absolute Gasteiger partial charge is 0.343 e. The monoisotopic (exact) mass is 380 g/mol. The summed E-state index contributed by atoms with van der Waals surface area (Å²) in [6, 6.07) is 1.24. The van der Waals surface area contributed by atoms with Crippen molar-refractivity contribution in [3.05, 3.63) is 26.9 Å². The normalized spacial score (nSPS) is 9.09. The number of aromatic nitrogens is 1. The molecule has 0 saturated heterocycles. The van der Waals surface area contributed by atoms with Gasteiger partial charge in [0.15, 0.2) is 6.61 Å². The van der Waals surface area contributed by atoms with Crippen LogP contribution in [0.2, 0.25) is 0 Å². The Kier molecular flexibility index (Phi) is 9.38. The van der Waals surface area contributed by atoms with Crippen molar-refractivity contribution in [2.24, 2.45) is 0 Å². The van der Waals surface area contributed by atoms with E-state index in [1.165, 1.54) is 26.5 Å². The molecule has 0 radical (unpaired) electrons. The number of pyridine rings is 1. The lowest BCUT2D eigenvalue weighted by Gasteiger charge is -2.04. The van der Waals surface area contributed by atoms with E-state index in [0.29, 0.717) is 4.47 Å². The first kappa shape index (κ1) is 19.7. The Hall–Kier alpha value is -2.27. The highest BCUT2D eigenvalue weighted by atomic mass is 79.9. The molecule has 0 bridgehead atoms. The highest BCUT2D eigenvalue weighted by Gasteiger charge is 2.18. The molecule has 10 nitrogen and oxygen atoms in total. The maximum Gasteiger partial charge on any atom is 0.343 e. The number of nitro groups is 1. The van der Waals surface area contributed by atoms with Gasteiger partial charge in [-0.25, -0.2) is 14.6 Å². The van der Waals surface area contributed by atoms with E-state index in [-0.39, 0.29) is 11.6 Å². The van der Waals surface area contributed by atoms with Crippen molar-refractivity contribution in [3.63, 3.8) is 0 Å². The minimum Gasteiger partial charge on any atom is -0.467 e. The summed E-state index contributed by atoms with van der Waals surface area (Å²) in [6.45, 7) is -0.956. The van der Waals surface area contributed by atoms with Crippen LogP contribution in [0.3, 0.4) is 0 Å². The Morgan fingerprint density at radius 1 is 1.36 bits per heavy atom. The van der Waals surface area contributed by atoms with Crippen LogP contribution < -0.4 is 4.74 Å². The van der Waals surface area contributed by atoms with Gasteiger partial charge < -0.3 is 19.3 Å². The van der Waals surface area contributed by atoms with Crippen molar-refractivity contribution in [3.8, 4) is 5.88 Å². The fourth-order valence-electron chi connectivity index (χ4n) is 0.909. The number of ether oxygens (including phenoxy) is 3. The van der Waals surface area contributed by atoms with E-state index in [1.807, 2.05) is 0 Å². The molecule has 0 spiro atoms. The Bertz CT molecular complexity index is 531. The Balaban J connectivity index is 0.000000626. The zero-order valence-corrected chi connectivity index (χ0v) is 13.2. The molecule has 0 aliphatic rings. The van der Waals surface area contributed by atoms with E-state index in [9.17, 15) is 19.7 Å². The van der Waals surface area contributed by atoms with Gasteiger partial charge >= 0.3 is 17.6 Å². The van der Waals surface area contributed by atoms with E-state index >= 15 is 0 Å². The maximum atomic E-state index is 10.8. The minimum absolute atomic E-state index is 0.224. The van der Waals surface area contributed by atoms with Gasteiger partial charge in [0.25, 0.3) is 5.88 Å². The molecule has 0 amide bonds. The average molecular weight is 381 g/mol. The van der Waals surface area contributed by atoms with Crippen LogP contribution in [-0.2, 0) is 19.1 Å². The molecule has 22 heavy (non-hydrogen) atoms. The highest BCUT2D eigenvalue weighted by Crippen LogP contribution is 2.27. The van der Waals surface area contributed by atoms with Crippen molar-refractivity contribution in [2.45, 2.75) is 0 Å². The van der Waals surface area contributed by atoms with E-state index in [0.717, 1.165) is 0 Å². The summed E-state index contributed by atoms with van der Waals surface area (Å²) in [5.74, 6) is -1.47. The second-order valence-electron chi connectivity index (χ2n) is 3.33. The van der Waals surface area contributed by atoms with Gasteiger partial charge in [0.1, 0.15) is 6.61 Å². The number of esters is 2. The Labute approximate surface area is 133 Å². The third kappa shape index (κ3) is 7.50. The molecule has 0 atom stereocenters. The molecule has 0 saturated carbocycles. The van der Waals surface area contributed by atoms with Gasteiger partial charge in [-0.2, -0.15) is 0 Å². The number of aliphatic hydroxyl groups is 1. The SMILES string of the molecule is COC(=O)CO.COC(=O)COc1ncc(Br)cc1[N+](=O)[O-]. The molecule has 1 aromatic heterocycles. The summed E-state index contributed by atoms with van der Waals surface area (Å²) in [7, 11) is 2.41. The van der Waals surface area contributed by atoms with Gasteiger partial charge in [-0.05, 0) is 15.9 Å². The van der Waals surface area contributed by atoms with Gasteiger partial charge in [-0.3, -0.25) is 10.1 Å². The van der Waals surface area contributed by atoms with Crippen LogP contribution in [0.5, 0.6) is 5.88 Å². The lowest BCUT2D eigenvalue weighted by molar-refractivity contribution is -0.386. The van der Waals surface area contributed by atoms with Crippen molar-refractivity contribution >= 4 is 33.6 Å². The summed E-state index contributed by atoms with van der Waals surface area (Å²) < 4.78 is 13.6. The molecule has 1 heterocycles. The van der Waals surface area contributed by atoms with E-state index in [1.54, 1.807) is 0 Å². The molecule has 0 aromatic carbocycles. The van der Waals surface area contributed by atoms with Crippen LogP contribution in [0.4, 0.5) is 5.69 Å². The zero-order valence-electron chi connectivity index (χ0n) is 11.6. The number of methoxy groups -OCH3 is 2. The quantitative estimate of drug-likeness (QED) is 0.438. The molecule has 0 fully saturated rings. The van der Waals surface area contributed by atoms with Crippen LogP contribution in [0.15, 0.2) is 16.7 Å². The molecule has 0 aliphatic heterocycles. The fourth-order valence-corrected chi connectivity index (χ4v) is 1.23. The number of halogens is 1. The van der Waals surface area contributed by atoms with E-state index < -0.39 is 30.1 Å². The number of carbonyl (C=O) groups is 2. The summed E-state index contributed by atoms with van der Waals surface area (Å²) in [6.07, 6.45) is 1.33. The second kappa shape index (κ2) is 10.5. The summed E-state index contributed by atoms with van der Waals surface area (Å²) in [4.78, 5) is 34.2. The van der Waals surface area contributed by atoms with Crippen molar-refractivity contribution in [1.82, 2.24) is 4.98 Å². The zero-order chi connectivity index (χ0) is 17.1. The first-order valence-electron chi connectivity index (χ1n) is 5.52. The first-order valence-corrected chi connectivity index (χ1v) is 6.32. The molecule has 1 aromatic rings. The van der Waals surface area contributed by atoms with Gasteiger partial charge in [0.2, 0.25) is 0 Å². The number of rotatable bonds is 5. The number of hydrogen-bond acceptors (Lipinski definition) is 9. The van der Waals surface area contributed by atoms with Crippen LogP contribution in [0.1, 0.15) is 0 Å². The summed E-state index contributed by atoms with van der Waals surface area (Å²) in [5.41, 5.74) is -0.321. The summed E-state index contributed by atoms with van der Waals surface area (Å²) >= 11 is 3.04. The predicted octanol–water partition coefficient (Wildman–Crippen LogP) is 0.456. The molecule has 1 N–H and O–H groups in total. The molecule has 11 heteroatoms. The van der Waals surface area contributed by atoms with Gasteiger partial charge in [0.05, 0.1) is 19.1 Å². The van der Waals surface area contributed by atoms with Crippen LogP contribution in [0.25, 0.3) is 0 Å². The molecule has 122 valence electrons. The van der Waals surface area contributed by atoms with Crippen molar-refractivity contribution < 1.29 is 33.8 Å². The van der Waals surface area contributed by atoms with Gasteiger partial charge in [-0.15, -0.1) is 0 Å². The fraction of sp³-hybridized carbons (Fsp3) is 0.364. The van der Waals surface area contributed by atoms with Gasteiger partial charge in [0, 0.05) is 16.7 Å². The Morgan fingerprint density at radius 2 is 1.95 bits per heavy atom. The first-order chi connectivity index (χ1) is 10.3. The number of aliphatic hydroxyl groups excluding tert-OH is 1. The average Bonchev–Trinajstić information content (AvgIpc) is 2.52. The largest absolute Gasteiger partial charge is 0.467 e. The van der Waals surface area contributed by atoms with Crippen LogP contribution >= 0.6 is 15.9 Å². The predicted molar refractivity (Wildman–Crippen MR) is 75.2 cm³/mol. The molecular formula is C11H13BrN2O8. The van der Waals surface area contributed by atoms with Crippen molar-refractivity contribution in [2.75, 3.05) is 27.4 Å². The highest BCUT2D eigenvalue weighted by molar-refractivity contribution is 9.10. The standard InChI is InChI=1S/C8H7BrN2O5.C3H6O3/c1-15-7(12)4-16-8-6(11(13)14)2-5(9)3-10-8;1-6-3(5)2-4/h2-3H,4H2,1H3;4H,2H2,1H3. The maximum absolute atomic E-state index is 10.8. The summed E-state index contributed by atoms with van der Waals surface area (Å²) in [5, 5.41) is 18.5. The number of nitrogens with zero attached hydrogens (tertiary/aromatic N) is 2. The molecule has 1 rings (SSSR count). The minimum atomic E-state index is -0.648. The van der Waals surface area contributed by atoms with Crippen molar-refractivity contribution in [1.29, 1.82) is 0 Å². The van der Waals surface area contributed by atoms with E-state index in [2.05, 4.69) is 30.4 Å². The number of hydrogen-bond donors (Lipinski definition) is 1. The lowest BCUT2D eigenvalue weighted by atomic mass is 10.4. The third-order valence-corrected chi connectivity index (χ3v) is 2.34. The van der Waals surface area contributed by atoms with E-state index in [4.69, 9.17) is 9.84 Å².